The third kappa shape index (κ3) is 5.66. The predicted molar refractivity (Wildman–Crippen MR) is 129 cm³/mol. The lowest BCUT2D eigenvalue weighted by atomic mass is 10.0. The average molecular weight is 488 g/mol. The van der Waals surface area contributed by atoms with E-state index in [-0.39, 0.29) is 34.5 Å². The number of carbonyl (C=O) groups is 1. The first-order chi connectivity index (χ1) is 17.1. The first kappa shape index (κ1) is 22.6. The fourth-order valence-corrected chi connectivity index (χ4v) is 4.38. The van der Waals surface area contributed by atoms with E-state index in [1.807, 2.05) is 18.2 Å². The molecule has 3 aromatic heterocycles. The molecule has 1 aliphatic rings. The average Bonchev–Trinajstić information content (AvgIpc) is 3.41. The number of nitrogens with one attached hydrogen (secondary N) is 1. The minimum atomic E-state index is -0.102. The number of para-hydroxylation sites is 1. The Hall–Kier alpha value is -4.19. The molecule has 3 N–H and O–H groups in total. The van der Waals surface area contributed by atoms with E-state index < -0.39 is 0 Å². The molecule has 4 aromatic rings. The van der Waals surface area contributed by atoms with E-state index in [2.05, 4.69) is 40.2 Å². The van der Waals surface area contributed by atoms with Crippen molar-refractivity contribution < 1.29 is 9.53 Å². The van der Waals surface area contributed by atoms with Gasteiger partial charge in [-0.2, -0.15) is 19.9 Å². The van der Waals surface area contributed by atoms with E-state index in [0.717, 1.165) is 37.4 Å². The maximum absolute atomic E-state index is 12.8. The van der Waals surface area contributed by atoms with Crippen LogP contribution in [0.3, 0.4) is 0 Å². The summed E-state index contributed by atoms with van der Waals surface area (Å²) < 4.78 is 6.01. The molecule has 1 saturated carbocycles. The number of carbonyl (C=O) groups excluding carboxylic acids is 1. The highest BCUT2D eigenvalue weighted by atomic mass is 32.2. The molecule has 5 rings (SSSR count). The van der Waals surface area contributed by atoms with Crippen LogP contribution in [0.25, 0.3) is 0 Å². The van der Waals surface area contributed by atoms with Gasteiger partial charge in [-0.05, 0) is 36.7 Å². The highest BCUT2D eigenvalue weighted by Crippen LogP contribution is 2.34. The van der Waals surface area contributed by atoms with Gasteiger partial charge in [-0.3, -0.25) is 4.79 Å². The molecule has 0 aliphatic heterocycles. The number of benzene rings is 1. The number of ketones is 1. The number of Topliss-reactive ketones (excluding diaryl/α,β-unsaturated/α-hetero) is 1. The number of anilines is 3. The number of ether oxygens (including phenoxy) is 1. The molecule has 35 heavy (non-hydrogen) atoms. The molecular weight excluding hydrogens is 466 g/mol. The lowest BCUT2D eigenvalue weighted by Crippen LogP contribution is -2.17. The van der Waals surface area contributed by atoms with Crippen LogP contribution in [0.5, 0.6) is 11.6 Å². The summed E-state index contributed by atoms with van der Waals surface area (Å²) >= 11 is 1.09. The Morgan fingerprint density at radius 3 is 2.54 bits per heavy atom. The number of rotatable bonds is 8. The van der Waals surface area contributed by atoms with Crippen LogP contribution < -0.4 is 15.8 Å². The molecule has 1 aromatic carbocycles. The van der Waals surface area contributed by atoms with Gasteiger partial charge in [0.25, 0.3) is 5.88 Å². The summed E-state index contributed by atoms with van der Waals surface area (Å²) in [5.74, 6) is 1.12. The number of nitrogens with zero attached hydrogens (tertiary/aromatic N) is 7. The van der Waals surface area contributed by atoms with Crippen LogP contribution in [0, 0.1) is 5.92 Å². The van der Waals surface area contributed by atoms with Gasteiger partial charge in [0.15, 0.2) is 16.0 Å². The van der Waals surface area contributed by atoms with E-state index in [9.17, 15) is 4.79 Å². The summed E-state index contributed by atoms with van der Waals surface area (Å²) in [6.07, 6.45) is 9.96. The zero-order chi connectivity index (χ0) is 24.0. The van der Waals surface area contributed by atoms with Gasteiger partial charge in [-0.15, -0.1) is 0 Å². The van der Waals surface area contributed by atoms with Crippen molar-refractivity contribution in [2.45, 2.75) is 35.9 Å². The molecule has 0 spiro atoms. The Bertz CT molecular complexity index is 1320. The van der Waals surface area contributed by atoms with E-state index >= 15 is 0 Å². The SMILES string of the molecule is Nc1nc(Sc2ncc(Nc3cncnc3)nc2Oc2ccccc2)nc(C(=O)C2CCCC2)n1. The number of nitrogens with two attached hydrogens (primary N) is 1. The van der Waals surface area contributed by atoms with Gasteiger partial charge >= 0.3 is 0 Å². The summed E-state index contributed by atoms with van der Waals surface area (Å²) in [7, 11) is 0. The van der Waals surface area contributed by atoms with Gasteiger partial charge in [-0.25, -0.2) is 15.0 Å². The smallest absolute Gasteiger partial charge is 0.254 e. The van der Waals surface area contributed by atoms with Gasteiger partial charge in [0, 0.05) is 5.92 Å². The molecule has 1 fully saturated rings. The van der Waals surface area contributed by atoms with Crippen molar-refractivity contribution in [3.8, 4) is 11.6 Å². The van der Waals surface area contributed by atoms with Crippen molar-refractivity contribution >= 4 is 35.0 Å². The Kier molecular flexibility index (Phi) is 6.70. The molecule has 3 heterocycles. The van der Waals surface area contributed by atoms with Crippen molar-refractivity contribution in [1.29, 1.82) is 0 Å². The second kappa shape index (κ2) is 10.4. The molecule has 0 unspecified atom stereocenters. The summed E-state index contributed by atoms with van der Waals surface area (Å²) in [5, 5.41) is 3.73. The summed E-state index contributed by atoms with van der Waals surface area (Å²) in [4.78, 5) is 42.5. The Morgan fingerprint density at radius 1 is 1.00 bits per heavy atom. The molecule has 12 heteroatoms. The largest absolute Gasteiger partial charge is 0.437 e. The number of hydrogen-bond donors (Lipinski definition) is 2. The van der Waals surface area contributed by atoms with Crippen LogP contribution in [0.1, 0.15) is 36.3 Å². The zero-order valence-electron chi connectivity index (χ0n) is 18.5. The number of hydrogen-bond acceptors (Lipinski definition) is 12. The van der Waals surface area contributed by atoms with Crippen LogP contribution in [0.4, 0.5) is 17.5 Å². The maximum Gasteiger partial charge on any atom is 0.254 e. The van der Waals surface area contributed by atoms with Crippen molar-refractivity contribution in [2.24, 2.45) is 5.92 Å². The van der Waals surface area contributed by atoms with Crippen LogP contribution in [-0.4, -0.2) is 40.7 Å². The molecule has 0 atom stereocenters. The lowest BCUT2D eigenvalue weighted by molar-refractivity contribution is 0.0911. The summed E-state index contributed by atoms with van der Waals surface area (Å²) in [6, 6.07) is 9.21. The van der Waals surface area contributed by atoms with E-state index in [4.69, 9.17) is 10.5 Å². The monoisotopic (exact) mass is 487 g/mol. The van der Waals surface area contributed by atoms with Gasteiger partial charge in [0.05, 0.1) is 24.3 Å². The van der Waals surface area contributed by atoms with Crippen LogP contribution in [0.15, 0.2) is 65.4 Å². The fraction of sp³-hybridized carbons (Fsp3) is 0.217. The summed E-state index contributed by atoms with van der Waals surface area (Å²) in [5.41, 5.74) is 6.55. The fourth-order valence-electron chi connectivity index (χ4n) is 3.65. The zero-order valence-corrected chi connectivity index (χ0v) is 19.4. The second-order valence-electron chi connectivity index (χ2n) is 7.78. The third-order valence-electron chi connectivity index (χ3n) is 5.27. The minimum Gasteiger partial charge on any atom is -0.437 e. The number of aromatic nitrogens is 7. The van der Waals surface area contributed by atoms with Crippen molar-refractivity contribution in [3.05, 3.63) is 61.1 Å². The van der Waals surface area contributed by atoms with E-state index in [1.54, 1.807) is 30.7 Å². The lowest BCUT2D eigenvalue weighted by Gasteiger charge is -2.12. The Labute approximate surface area is 205 Å². The molecule has 1 aliphatic carbocycles. The predicted octanol–water partition coefficient (Wildman–Crippen LogP) is 4.09. The Morgan fingerprint density at radius 2 is 1.77 bits per heavy atom. The third-order valence-corrected chi connectivity index (χ3v) is 6.10. The molecule has 0 radical (unpaired) electrons. The highest BCUT2D eigenvalue weighted by molar-refractivity contribution is 7.99. The molecule has 176 valence electrons. The van der Waals surface area contributed by atoms with Gasteiger partial charge in [0.2, 0.25) is 17.6 Å². The van der Waals surface area contributed by atoms with Gasteiger partial charge in [0.1, 0.15) is 12.1 Å². The van der Waals surface area contributed by atoms with Crippen LogP contribution >= 0.6 is 11.8 Å². The Balaban J connectivity index is 1.44. The molecule has 0 saturated heterocycles. The topological polar surface area (TPSA) is 155 Å². The van der Waals surface area contributed by atoms with Crippen molar-refractivity contribution in [1.82, 2.24) is 34.9 Å². The first-order valence-electron chi connectivity index (χ1n) is 11.0. The standard InChI is InChI=1S/C23H21N9O2S/c24-22-30-19(18(33)14-6-4-5-7-14)31-23(32-22)35-21-20(34-16-8-2-1-3-9-16)29-17(12-27-21)28-15-10-25-13-26-11-15/h1-3,8-14H,4-7H2,(H,28,29)(H2,24,30,31,32). The van der Waals surface area contributed by atoms with Crippen molar-refractivity contribution in [2.75, 3.05) is 11.1 Å². The molecule has 0 amide bonds. The maximum atomic E-state index is 12.8. The minimum absolute atomic E-state index is 0.0234. The van der Waals surface area contributed by atoms with Crippen LogP contribution in [-0.2, 0) is 0 Å². The van der Waals surface area contributed by atoms with E-state index in [1.165, 1.54) is 6.33 Å². The summed E-state index contributed by atoms with van der Waals surface area (Å²) in [6.45, 7) is 0. The normalized spacial score (nSPS) is 13.5. The van der Waals surface area contributed by atoms with Crippen LogP contribution in [0.2, 0.25) is 0 Å². The quantitative estimate of drug-likeness (QED) is 0.344. The molecule has 0 bridgehead atoms. The van der Waals surface area contributed by atoms with Gasteiger partial charge < -0.3 is 15.8 Å². The van der Waals surface area contributed by atoms with E-state index in [0.29, 0.717) is 22.3 Å². The van der Waals surface area contributed by atoms with Gasteiger partial charge in [-0.1, -0.05) is 31.0 Å². The highest BCUT2D eigenvalue weighted by Gasteiger charge is 2.27. The van der Waals surface area contributed by atoms with Crippen molar-refractivity contribution in [3.63, 3.8) is 0 Å². The second-order valence-corrected chi connectivity index (χ2v) is 8.74. The molecule has 11 nitrogen and oxygen atoms in total. The molecular formula is C23H21N9O2S. The number of nitrogen functional groups attached to an aromatic ring is 1. The first-order valence-corrected chi connectivity index (χ1v) is 11.8.